The van der Waals surface area contributed by atoms with Gasteiger partial charge < -0.3 is 28.4 Å². The van der Waals surface area contributed by atoms with Gasteiger partial charge in [0.2, 0.25) is 0 Å². The van der Waals surface area contributed by atoms with Crippen molar-refractivity contribution in [2.45, 2.75) is 64.9 Å². The van der Waals surface area contributed by atoms with Gasteiger partial charge in [-0.05, 0) is 33.6 Å². The lowest BCUT2D eigenvalue weighted by molar-refractivity contribution is -0.271. The first kappa shape index (κ1) is 31.5. The van der Waals surface area contributed by atoms with Crippen molar-refractivity contribution in [3.05, 3.63) is 55.3 Å². The summed E-state index contributed by atoms with van der Waals surface area (Å²) in [4.78, 5) is 74.0. The Morgan fingerprint density at radius 3 is 2.10 bits per heavy atom. The van der Waals surface area contributed by atoms with Gasteiger partial charge >= 0.3 is 29.6 Å². The molecule has 0 spiro atoms. The number of halogens is 1. The molecule has 1 fully saturated rings. The molecule has 0 bridgehead atoms. The fourth-order valence-corrected chi connectivity index (χ4v) is 4.75. The number of carbonyl (C=O) groups excluding carboxylic acids is 4. The van der Waals surface area contributed by atoms with E-state index in [-0.39, 0.29) is 6.54 Å². The van der Waals surface area contributed by atoms with Crippen molar-refractivity contribution in [1.82, 2.24) is 14.3 Å². The van der Waals surface area contributed by atoms with Crippen LogP contribution in [0.2, 0.25) is 0 Å². The number of methoxy groups -OCH3 is 1. The highest BCUT2D eigenvalue weighted by Crippen LogP contribution is 2.33. The zero-order valence-corrected chi connectivity index (χ0v) is 24.3. The SMILES string of the molecule is COc1ccc(Cn2c(=O)cnn([C@@H]3O[C@@H](COC(C)=O)[C@H](OC(C)=O)[C@H](OC(C)=O)[C@@H]3OC(C)=O)c2=O)cc1Br. The normalized spacial score (nSPS) is 21.9. The third-order valence-corrected chi connectivity index (χ3v) is 6.37. The number of aromatic nitrogens is 3. The van der Waals surface area contributed by atoms with Crippen LogP contribution in [-0.2, 0) is 49.4 Å². The summed E-state index contributed by atoms with van der Waals surface area (Å²) in [6.07, 6.45) is -6.59. The number of nitrogens with zero attached hydrogens (tertiary/aromatic N) is 3. The molecule has 1 aromatic heterocycles. The van der Waals surface area contributed by atoms with Crippen molar-refractivity contribution in [2.75, 3.05) is 13.7 Å². The third kappa shape index (κ3) is 7.79. The smallest absolute Gasteiger partial charge is 0.350 e. The molecule has 222 valence electrons. The predicted molar refractivity (Wildman–Crippen MR) is 140 cm³/mol. The van der Waals surface area contributed by atoms with Crippen LogP contribution in [0.5, 0.6) is 5.75 Å². The molecule has 0 aliphatic carbocycles. The molecule has 0 saturated carbocycles. The summed E-state index contributed by atoms with van der Waals surface area (Å²) in [5.41, 5.74) is -1.16. The molecule has 1 aliphatic heterocycles. The lowest BCUT2D eigenvalue weighted by atomic mass is 9.97. The number of carbonyl (C=O) groups is 4. The maximum Gasteiger partial charge on any atom is 0.350 e. The van der Waals surface area contributed by atoms with Crippen molar-refractivity contribution < 1.29 is 47.6 Å². The molecule has 3 rings (SSSR count). The van der Waals surface area contributed by atoms with Crippen LogP contribution in [0.15, 0.2) is 38.5 Å². The van der Waals surface area contributed by atoms with Gasteiger partial charge in [0.25, 0.3) is 5.56 Å². The van der Waals surface area contributed by atoms with Gasteiger partial charge in [-0.15, -0.1) is 0 Å². The van der Waals surface area contributed by atoms with Crippen LogP contribution in [0.4, 0.5) is 0 Å². The first-order valence-electron chi connectivity index (χ1n) is 12.1. The molecule has 1 saturated heterocycles. The van der Waals surface area contributed by atoms with Gasteiger partial charge in [0.05, 0.1) is 18.1 Å². The maximum absolute atomic E-state index is 13.6. The van der Waals surface area contributed by atoms with Crippen molar-refractivity contribution in [3.63, 3.8) is 0 Å². The molecule has 0 radical (unpaired) electrons. The van der Waals surface area contributed by atoms with E-state index in [9.17, 15) is 28.8 Å². The molecule has 2 aromatic rings. The maximum atomic E-state index is 13.6. The predicted octanol–water partition coefficient (Wildman–Crippen LogP) is 0.480. The van der Waals surface area contributed by atoms with Crippen molar-refractivity contribution in [1.29, 1.82) is 0 Å². The van der Waals surface area contributed by atoms with E-state index < -0.39 is 72.4 Å². The van der Waals surface area contributed by atoms with Gasteiger partial charge in [-0.1, -0.05) is 6.07 Å². The van der Waals surface area contributed by atoms with Gasteiger partial charge in [-0.2, -0.15) is 9.78 Å². The summed E-state index contributed by atoms with van der Waals surface area (Å²) < 4.78 is 34.5. The molecule has 1 aromatic carbocycles. The zero-order chi connectivity index (χ0) is 30.4. The summed E-state index contributed by atoms with van der Waals surface area (Å²) in [7, 11) is 1.49. The second-order valence-corrected chi connectivity index (χ2v) is 9.71. The Balaban J connectivity index is 2.14. The summed E-state index contributed by atoms with van der Waals surface area (Å²) in [6, 6.07) is 4.95. The molecule has 15 nitrogen and oxygen atoms in total. The van der Waals surface area contributed by atoms with E-state index in [0.29, 0.717) is 15.8 Å². The summed E-state index contributed by atoms with van der Waals surface area (Å²) in [5, 5.41) is 3.90. The molecule has 1 aliphatic rings. The van der Waals surface area contributed by atoms with Crippen LogP contribution in [-0.4, -0.2) is 76.4 Å². The summed E-state index contributed by atoms with van der Waals surface area (Å²) >= 11 is 3.36. The number of esters is 4. The zero-order valence-electron chi connectivity index (χ0n) is 22.7. The van der Waals surface area contributed by atoms with E-state index in [1.807, 2.05) is 0 Å². The first-order chi connectivity index (χ1) is 19.3. The molecular weight excluding hydrogens is 614 g/mol. The van der Waals surface area contributed by atoms with Crippen molar-refractivity contribution in [3.8, 4) is 5.75 Å². The van der Waals surface area contributed by atoms with Gasteiger partial charge in [0.1, 0.15) is 24.7 Å². The van der Waals surface area contributed by atoms with Crippen molar-refractivity contribution in [2.24, 2.45) is 0 Å². The van der Waals surface area contributed by atoms with Crippen LogP contribution < -0.4 is 16.0 Å². The monoisotopic (exact) mass is 641 g/mol. The molecule has 5 atom stereocenters. The average molecular weight is 642 g/mol. The number of hydrogen-bond acceptors (Lipinski definition) is 13. The van der Waals surface area contributed by atoms with Gasteiger partial charge in [0.15, 0.2) is 24.5 Å². The van der Waals surface area contributed by atoms with Gasteiger partial charge in [-0.3, -0.25) is 28.5 Å². The minimum atomic E-state index is -1.61. The Morgan fingerprint density at radius 2 is 1.54 bits per heavy atom. The average Bonchev–Trinajstić information content (AvgIpc) is 2.87. The van der Waals surface area contributed by atoms with Crippen LogP contribution in [0.3, 0.4) is 0 Å². The number of hydrogen-bond donors (Lipinski definition) is 0. The number of benzene rings is 1. The Kier molecular flexibility index (Phi) is 10.4. The van der Waals surface area contributed by atoms with Crippen LogP contribution >= 0.6 is 15.9 Å². The molecular formula is C25H28BrN3O12. The Bertz CT molecular complexity index is 1440. The van der Waals surface area contributed by atoms with Crippen molar-refractivity contribution >= 4 is 39.8 Å². The molecule has 0 amide bonds. The minimum absolute atomic E-state index is 0.186. The fourth-order valence-electron chi connectivity index (χ4n) is 4.16. The van der Waals surface area contributed by atoms with E-state index in [1.54, 1.807) is 18.2 Å². The minimum Gasteiger partial charge on any atom is -0.496 e. The summed E-state index contributed by atoms with van der Waals surface area (Å²) in [6.45, 7) is 3.66. The topological polar surface area (TPSA) is 181 Å². The first-order valence-corrected chi connectivity index (χ1v) is 12.9. The van der Waals surface area contributed by atoms with Crippen LogP contribution in [0.25, 0.3) is 0 Å². The lowest BCUT2D eigenvalue weighted by Crippen LogP contribution is -2.62. The van der Waals surface area contributed by atoms with E-state index in [0.717, 1.165) is 43.1 Å². The molecule has 0 unspecified atom stereocenters. The second kappa shape index (κ2) is 13.5. The quantitative estimate of drug-likeness (QED) is 0.273. The van der Waals surface area contributed by atoms with E-state index in [2.05, 4.69) is 21.0 Å². The Hall–Kier alpha value is -4.05. The largest absolute Gasteiger partial charge is 0.496 e. The number of ether oxygens (including phenoxy) is 6. The molecule has 2 heterocycles. The van der Waals surface area contributed by atoms with Gasteiger partial charge in [0, 0.05) is 27.7 Å². The highest BCUT2D eigenvalue weighted by Gasteiger charge is 2.53. The second-order valence-electron chi connectivity index (χ2n) is 8.85. The van der Waals surface area contributed by atoms with E-state index >= 15 is 0 Å². The molecule has 16 heteroatoms. The van der Waals surface area contributed by atoms with Crippen LogP contribution in [0, 0.1) is 0 Å². The van der Waals surface area contributed by atoms with E-state index in [4.69, 9.17) is 28.4 Å². The van der Waals surface area contributed by atoms with Gasteiger partial charge in [-0.25, -0.2) is 4.79 Å². The lowest BCUT2D eigenvalue weighted by Gasteiger charge is -2.44. The Labute approximate surface area is 241 Å². The molecule has 0 N–H and O–H groups in total. The molecule has 41 heavy (non-hydrogen) atoms. The summed E-state index contributed by atoms with van der Waals surface area (Å²) in [5.74, 6) is -2.67. The number of rotatable bonds is 9. The highest BCUT2D eigenvalue weighted by molar-refractivity contribution is 9.10. The Morgan fingerprint density at radius 1 is 0.927 bits per heavy atom. The third-order valence-electron chi connectivity index (χ3n) is 5.75. The fraction of sp³-hybridized carbons (Fsp3) is 0.480. The van der Waals surface area contributed by atoms with E-state index in [1.165, 1.54) is 7.11 Å². The highest BCUT2D eigenvalue weighted by atomic mass is 79.9. The standard InChI is InChI=1S/C25H28BrN3O12/c1-12(30)37-11-19-21(38-13(2)31)22(39-14(3)32)23(40-15(4)33)24(41-19)29-25(35)28(20(34)9-27-29)10-16-6-7-18(36-5)17(26)8-16/h6-9,19,21-24H,10-11H2,1-5H3/t19-,21-,22-,23-,24+/m0/s1. The van der Waals surface area contributed by atoms with Crippen LogP contribution in [0.1, 0.15) is 39.5 Å².